The number of urea groups is 1. The van der Waals surface area contributed by atoms with Gasteiger partial charge in [-0.05, 0) is 92.5 Å². The molecule has 2 N–H and O–H groups in total. The molecule has 4 aromatic carbocycles. The van der Waals surface area contributed by atoms with Crippen LogP contribution in [-0.2, 0) is 12.8 Å². The molecule has 0 saturated carbocycles. The Kier molecular flexibility index (Phi) is 10.4. The molecule has 0 aliphatic carbocycles. The second-order valence-corrected chi connectivity index (χ2v) is 10.8. The van der Waals surface area contributed by atoms with E-state index in [1.165, 1.54) is 22.5 Å². The fraction of sp³-hybridized carbons (Fsp3) is 0.206. The van der Waals surface area contributed by atoms with Crippen LogP contribution in [0.15, 0.2) is 91.0 Å². The van der Waals surface area contributed by atoms with Crippen molar-refractivity contribution in [2.24, 2.45) is 5.73 Å². The molecular formula is C34H36ClLiN4O. The van der Waals surface area contributed by atoms with Crippen LogP contribution in [-0.4, -0.2) is 38.1 Å². The van der Waals surface area contributed by atoms with E-state index in [1.807, 2.05) is 66.7 Å². The number of aryl methyl sites for hydroxylation is 2. The predicted octanol–water partition coefficient (Wildman–Crippen LogP) is 5.03. The number of para-hydroxylation sites is 3. The smallest absolute Gasteiger partial charge is 1.00 e. The van der Waals surface area contributed by atoms with Gasteiger partial charge in [0.15, 0.2) is 0 Å². The van der Waals surface area contributed by atoms with E-state index in [0.717, 1.165) is 59.9 Å². The SMILES string of the molecule is CN(C)CCCN1c2ccccc2CCc2ccc(Cl)cc21.NC(=O)N1c2ccccc2C=Cc2ccccc21.[H-].[Li+]. The third-order valence-electron chi connectivity index (χ3n) is 7.29. The maximum atomic E-state index is 11.8. The largest absolute Gasteiger partial charge is 1.00 e. The van der Waals surface area contributed by atoms with E-state index in [4.69, 9.17) is 17.3 Å². The number of nitrogens with two attached hydrogens (primary N) is 1. The standard InChI is InChI=1S/C19H23ClN2.C15H12N2O.Li.H/c1-21(2)12-5-13-22-18-7-4-3-6-15(18)8-9-16-10-11-17(20)14-19(16)22;16-15(18)17-13-7-3-1-5-11(13)9-10-12-6-2-4-8-14(12)17;;/h3-4,6-7,10-11,14H,5,8-9,12-13H2,1-2H3;1-10H,(H2,16,18);;/q;;+1;-1. The van der Waals surface area contributed by atoms with Gasteiger partial charge in [0.25, 0.3) is 0 Å². The monoisotopic (exact) mass is 558 g/mol. The molecule has 0 spiro atoms. The van der Waals surface area contributed by atoms with Gasteiger partial charge >= 0.3 is 24.9 Å². The zero-order chi connectivity index (χ0) is 28.1. The Morgan fingerprint density at radius 3 is 1.93 bits per heavy atom. The first-order valence-corrected chi connectivity index (χ1v) is 14.0. The number of nitrogens with zero attached hydrogens (tertiary/aromatic N) is 3. The number of carbonyl (C=O) groups is 1. The van der Waals surface area contributed by atoms with Crippen LogP contribution in [0.25, 0.3) is 12.2 Å². The number of amides is 2. The van der Waals surface area contributed by atoms with E-state index in [1.54, 1.807) is 4.90 Å². The predicted molar refractivity (Wildman–Crippen MR) is 170 cm³/mol. The maximum absolute atomic E-state index is 11.8. The number of primary amides is 1. The van der Waals surface area contributed by atoms with Crippen LogP contribution in [0.1, 0.15) is 30.1 Å². The number of benzene rings is 4. The molecule has 0 aromatic heterocycles. The first-order chi connectivity index (χ1) is 19.4. The van der Waals surface area contributed by atoms with E-state index < -0.39 is 6.03 Å². The van der Waals surface area contributed by atoms with Gasteiger partial charge in [0, 0.05) is 22.9 Å². The number of anilines is 4. The topological polar surface area (TPSA) is 52.8 Å². The zero-order valence-corrected chi connectivity index (χ0v) is 24.8. The minimum atomic E-state index is -0.474. The van der Waals surface area contributed by atoms with Crippen molar-refractivity contribution >= 4 is 52.5 Å². The molecular weight excluding hydrogens is 523 g/mol. The molecule has 7 heteroatoms. The van der Waals surface area contributed by atoms with Gasteiger partial charge in [0.05, 0.1) is 11.4 Å². The third-order valence-corrected chi connectivity index (χ3v) is 7.52. The summed E-state index contributed by atoms with van der Waals surface area (Å²) in [5.74, 6) is 0. The summed E-state index contributed by atoms with van der Waals surface area (Å²) in [4.78, 5) is 18.0. The molecule has 2 aliphatic rings. The first-order valence-electron chi connectivity index (χ1n) is 13.7. The molecule has 5 nitrogen and oxygen atoms in total. The van der Waals surface area contributed by atoms with Crippen LogP contribution >= 0.6 is 11.6 Å². The van der Waals surface area contributed by atoms with Gasteiger partial charge in [-0.3, -0.25) is 4.90 Å². The van der Waals surface area contributed by atoms with Crippen molar-refractivity contribution in [1.29, 1.82) is 0 Å². The molecule has 0 saturated heterocycles. The van der Waals surface area contributed by atoms with Gasteiger partial charge in [-0.1, -0.05) is 84.4 Å². The summed E-state index contributed by atoms with van der Waals surface area (Å²) in [6.07, 6.45) is 7.30. The molecule has 0 unspecified atom stereocenters. The fourth-order valence-electron chi connectivity index (χ4n) is 5.38. The summed E-state index contributed by atoms with van der Waals surface area (Å²) in [6.45, 7) is 2.11. The average Bonchev–Trinajstić information content (AvgIpc) is 3.21. The zero-order valence-electron chi connectivity index (χ0n) is 25.1. The number of hydrogen-bond acceptors (Lipinski definition) is 3. The van der Waals surface area contributed by atoms with Gasteiger partial charge in [-0.2, -0.15) is 0 Å². The summed E-state index contributed by atoms with van der Waals surface area (Å²) >= 11 is 6.27. The maximum Gasteiger partial charge on any atom is 1.00 e. The Hall–Kier alpha value is -3.46. The number of carbonyl (C=O) groups excluding carboxylic acids is 1. The van der Waals surface area contributed by atoms with Crippen molar-refractivity contribution in [3.8, 4) is 0 Å². The quantitative estimate of drug-likeness (QED) is 0.357. The number of fused-ring (bicyclic) bond motifs is 4. The van der Waals surface area contributed by atoms with E-state index >= 15 is 0 Å². The molecule has 4 aromatic rings. The van der Waals surface area contributed by atoms with Crippen molar-refractivity contribution in [2.75, 3.05) is 37.0 Å². The fourth-order valence-corrected chi connectivity index (χ4v) is 5.55. The molecule has 0 atom stereocenters. The van der Waals surface area contributed by atoms with Gasteiger partial charge in [-0.25, -0.2) is 4.79 Å². The number of hydrogen-bond donors (Lipinski definition) is 1. The average molecular weight is 559 g/mol. The third kappa shape index (κ3) is 7.07. The minimum Gasteiger partial charge on any atom is -1.00 e. The molecule has 0 radical (unpaired) electrons. The van der Waals surface area contributed by atoms with E-state index in [0.29, 0.717) is 0 Å². The van der Waals surface area contributed by atoms with Gasteiger partial charge in [0.1, 0.15) is 0 Å². The van der Waals surface area contributed by atoms with Crippen LogP contribution in [0.4, 0.5) is 27.5 Å². The molecule has 2 aliphatic heterocycles. The Bertz CT molecular complexity index is 1490. The molecule has 41 heavy (non-hydrogen) atoms. The Morgan fingerprint density at radius 2 is 1.34 bits per heavy atom. The van der Waals surface area contributed by atoms with Crippen LogP contribution in [0.2, 0.25) is 5.02 Å². The number of rotatable bonds is 4. The van der Waals surface area contributed by atoms with Crippen LogP contribution in [0, 0.1) is 0 Å². The molecule has 2 heterocycles. The van der Waals surface area contributed by atoms with Crippen LogP contribution in [0.3, 0.4) is 0 Å². The van der Waals surface area contributed by atoms with Gasteiger partial charge in [0.2, 0.25) is 0 Å². The molecule has 206 valence electrons. The molecule has 2 amide bonds. The first kappa shape index (κ1) is 30.5. The van der Waals surface area contributed by atoms with Gasteiger partial charge < -0.3 is 17.0 Å². The summed E-state index contributed by atoms with van der Waals surface area (Å²) in [7, 11) is 4.25. The number of halogens is 1. The second-order valence-electron chi connectivity index (χ2n) is 10.3. The van der Waals surface area contributed by atoms with Crippen LogP contribution < -0.4 is 34.4 Å². The van der Waals surface area contributed by atoms with Crippen molar-refractivity contribution in [2.45, 2.75) is 19.3 Å². The summed E-state index contributed by atoms with van der Waals surface area (Å²) < 4.78 is 0. The molecule has 0 fully saturated rings. The summed E-state index contributed by atoms with van der Waals surface area (Å²) in [6, 6.07) is 30.0. The second kappa shape index (κ2) is 13.9. The summed E-state index contributed by atoms with van der Waals surface area (Å²) in [5.41, 5.74) is 14.5. The Balaban J connectivity index is 0.000000224. The summed E-state index contributed by atoms with van der Waals surface area (Å²) in [5, 5.41) is 0.816. The molecule has 6 rings (SSSR count). The van der Waals surface area contributed by atoms with E-state index in [9.17, 15) is 4.79 Å². The van der Waals surface area contributed by atoms with Crippen molar-refractivity contribution in [3.63, 3.8) is 0 Å². The van der Waals surface area contributed by atoms with E-state index in [-0.39, 0.29) is 20.3 Å². The normalized spacial score (nSPS) is 12.9. The van der Waals surface area contributed by atoms with Crippen LogP contribution in [0.5, 0.6) is 0 Å². The Labute approximate surface area is 261 Å². The Morgan fingerprint density at radius 1 is 0.805 bits per heavy atom. The van der Waals surface area contributed by atoms with Crippen molar-refractivity contribution in [1.82, 2.24) is 4.90 Å². The van der Waals surface area contributed by atoms with Gasteiger partial charge in [-0.15, -0.1) is 0 Å². The molecule has 0 bridgehead atoms. The minimum absolute atomic E-state index is 0. The van der Waals surface area contributed by atoms with E-state index in [2.05, 4.69) is 60.3 Å². The van der Waals surface area contributed by atoms with Crippen molar-refractivity contribution < 1.29 is 25.1 Å². The van der Waals surface area contributed by atoms with Crippen molar-refractivity contribution in [3.05, 3.63) is 118 Å².